The monoisotopic (exact) mass is 484 g/mol. The molecule has 0 radical (unpaired) electrons. The molecule has 0 saturated heterocycles. The maximum atomic E-state index is 13.6. The first-order valence-electron chi connectivity index (χ1n) is 12.7. The largest absolute Gasteiger partial charge is 0.481 e. The van der Waals surface area contributed by atoms with Gasteiger partial charge in [-0.05, 0) is 56.9 Å². The Morgan fingerprint density at radius 2 is 1.86 bits per heavy atom. The Labute approximate surface area is 204 Å². The number of aliphatic carboxylic acids is 1. The van der Waals surface area contributed by atoms with Crippen molar-refractivity contribution in [3.05, 3.63) is 34.3 Å². The summed E-state index contributed by atoms with van der Waals surface area (Å²) in [5, 5.41) is 8.71. The van der Waals surface area contributed by atoms with E-state index in [9.17, 15) is 19.2 Å². The molecule has 0 aromatic carbocycles. The molecule has 1 saturated carbocycles. The van der Waals surface area contributed by atoms with E-state index in [-0.39, 0.29) is 48.0 Å². The Kier molecular flexibility index (Phi) is 5.88. The third-order valence-corrected chi connectivity index (χ3v) is 8.80. The third-order valence-electron chi connectivity index (χ3n) is 8.80. The molecule has 2 heterocycles. The topological polar surface area (TPSA) is 120 Å². The quantitative estimate of drug-likeness (QED) is 0.415. The molecule has 1 N–H and O–H groups in total. The highest BCUT2D eigenvalue weighted by Crippen LogP contribution is 2.61. The molecule has 35 heavy (non-hydrogen) atoms. The van der Waals surface area contributed by atoms with E-state index < -0.39 is 17.4 Å². The highest BCUT2D eigenvalue weighted by Gasteiger charge is 2.59. The summed E-state index contributed by atoms with van der Waals surface area (Å²) in [6, 6.07) is 0. The van der Waals surface area contributed by atoms with Gasteiger partial charge in [-0.2, -0.15) is 0 Å². The van der Waals surface area contributed by atoms with Crippen molar-refractivity contribution >= 4 is 23.7 Å². The van der Waals surface area contributed by atoms with Gasteiger partial charge in [-0.15, -0.1) is 0 Å². The molecule has 5 rings (SSSR count). The summed E-state index contributed by atoms with van der Waals surface area (Å²) < 4.78 is 17.1. The van der Waals surface area contributed by atoms with Gasteiger partial charge in [-0.25, -0.2) is 4.79 Å². The molecule has 1 aromatic heterocycles. The van der Waals surface area contributed by atoms with E-state index in [4.69, 9.17) is 19.0 Å². The summed E-state index contributed by atoms with van der Waals surface area (Å²) in [5.41, 5.74) is 1.94. The summed E-state index contributed by atoms with van der Waals surface area (Å²) in [4.78, 5) is 49.1. The van der Waals surface area contributed by atoms with Crippen molar-refractivity contribution in [2.24, 2.45) is 11.3 Å². The highest BCUT2D eigenvalue weighted by molar-refractivity contribution is 6.13. The van der Waals surface area contributed by atoms with Crippen molar-refractivity contribution < 1.29 is 38.2 Å². The molecule has 4 aliphatic rings. The van der Waals surface area contributed by atoms with Gasteiger partial charge in [0.25, 0.3) is 0 Å². The standard InChI is InChI=1S/C27H32O8/c1-26-12-11-17-21(23(31)24-22-15(13-33-24)25(32)34-14-27(17,22)2)16(26)9-10-18(26)35-20(30)8-6-4-3-5-7-19(28)29/h13,16,18H,3-12,14H2,1-2H3,(H,28,29)/t16?,18?,26-,27+/m0/s1. The van der Waals surface area contributed by atoms with Crippen molar-refractivity contribution in [2.75, 3.05) is 6.61 Å². The number of hydrogen-bond acceptors (Lipinski definition) is 7. The van der Waals surface area contributed by atoms with Crippen LogP contribution < -0.4 is 0 Å². The van der Waals surface area contributed by atoms with Crippen LogP contribution in [0.15, 0.2) is 21.8 Å². The molecule has 2 unspecified atom stereocenters. The van der Waals surface area contributed by atoms with Crippen molar-refractivity contribution in [3.63, 3.8) is 0 Å². The lowest BCUT2D eigenvalue weighted by Gasteiger charge is -2.48. The predicted molar refractivity (Wildman–Crippen MR) is 123 cm³/mol. The molecule has 0 spiro atoms. The van der Waals surface area contributed by atoms with Crippen LogP contribution in [0.3, 0.4) is 0 Å². The Balaban J connectivity index is 1.30. The number of hydrogen-bond donors (Lipinski definition) is 1. The predicted octanol–water partition coefficient (Wildman–Crippen LogP) is 4.75. The fourth-order valence-corrected chi connectivity index (χ4v) is 6.87. The minimum atomic E-state index is -0.794. The number of rotatable bonds is 8. The van der Waals surface area contributed by atoms with Crippen molar-refractivity contribution in [1.82, 2.24) is 0 Å². The second kappa shape index (κ2) is 8.64. The second-order valence-electron chi connectivity index (χ2n) is 10.9. The molecule has 188 valence electrons. The first-order valence-corrected chi connectivity index (χ1v) is 12.7. The fourth-order valence-electron chi connectivity index (χ4n) is 6.87. The Hall–Kier alpha value is -2.90. The zero-order valence-corrected chi connectivity index (χ0v) is 20.3. The lowest BCUT2D eigenvalue weighted by Crippen LogP contribution is -2.48. The van der Waals surface area contributed by atoms with Crippen LogP contribution in [0.4, 0.5) is 0 Å². The smallest absolute Gasteiger partial charge is 0.341 e. The van der Waals surface area contributed by atoms with Gasteiger partial charge in [0.15, 0.2) is 5.76 Å². The molecule has 0 amide bonds. The fraction of sp³-hybridized carbons (Fsp3) is 0.630. The maximum absolute atomic E-state index is 13.6. The molecule has 0 bridgehead atoms. The molecule has 3 aliphatic carbocycles. The zero-order chi connectivity index (χ0) is 25.0. The lowest BCUT2D eigenvalue weighted by atomic mass is 9.56. The van der Waals surface area contributed by atoms with Crippen LogP contribution in [0.25, 0.3) is 0 Å². The summed E-state index contributed by atoms with van der Waals surface area (Å²) in [5.74, 6) is -1.39. The molecule has 4 atom stereocenters. The molecule has 1 aliphatic heterocycles. The summed E-state index contributed by atoms with van der Waals surface area (Å²) in [6.07, 6.45) is 7.40. The number of carbonyl (C=O) groups is 4. The number of unbranched alkanes of at least 4 members (excludes halogenated alkanes) is 3. The average molecular weight is 485 g/mol. The summed E-state index contributed by atoms with van der Waals surface area (Å²) in [7, 11) is 0. The highest BCUT2D eigenvalue weighted by atomic mass is 16.5. The van der Waals surface area contributed by atoms with Gasteiger partial charge in [-0.3, -0.25) is 14.4 Å². The summed E-state index contributed by atoms with van der Waals surface area (Å²) >= 11 is 0. The minimum absolute atomic E-state index is 0.0382. The first kappa shape index (κ1) is 23.8. The third kappa shape index (κ3) is 3.72. The van der Waals surface area contributed by atoms with E-state index in [0.29, 0.717) is 43.2 Å². The van der Waals surface area contributed by atoms with Gasteiger partial charge >= 0.3 is 17.9 Å². The van der Waals surface area contributed by atoms with Gasteiger partial charge in [0.05, 0.1) is 5.41 Å². The van der Waals surface area contributed by atoms with Gasteiger partial charge < -0.3 is 19.0 Å². The van der Waals surface area contributed by atoms with E-state index >= 15 is 0 Å². The number of fused-ring (bicyclic) bond motifs is 3. The number of carbonyl (C=O) groups excluding carboxylic acids is 3. The minimum Gasteiger partial charge on any atom is -0.481 e. The molecular formula is C27H32O8. The van der Waals surface area contributed by atoms with Crippen LogP contribution in [-0.4, -0.2) is 41.5 Å². The number of Topliss-reactive ketones (excluding diaryl/α,β-unsaturated/α-hetero) is 1. The van der Waals surface area contributed by atoms with Crippen LogP contribution >= 0.6 is 0 Å². The van der Waals surface area contributed by atoms with Gasteiger partial charge in [-0.1, -0.05) is 19.8 Å². The van der Waals surface area contributed by atoms with Gasteiger partial charge in [0.2, 0.25) is 5.78 Å². The van der Waals surface area contributed by atoms with Crippen molar-refractivity contribution in [2.45, 2.75) is 89.6 Å². The van der Waals surface area contributed by atoms with Crippen LogP contribution in [0.2, 0.25) is 0 Å². The molecule has 1 fully saturated rings. The van der Waals surface area contributed by atoms with Gasteiger partial charge in [0.1, 0.15) is 24.5 Å². The second-order valence-corrected chi connectivity index (χ2v) is 10.9. The number of ketones is 1. The van der Waals surface area contributed by atoms with E-state index in [2.05, 4.69) is 6.92 Å². The summed E-state index contributed by atoms with van der Waals surface area (Å²) in [6.45, 7) is 4.36. The van der Waals surface area contributed by atoms with E-state index in [0.717, 1.165) is 36.8 Å². The number of carboxylic acids is 1. The van der Waals surface area contributed by atoms with Crippen LogP contribution in [0.5, 0.6) is 0 Å². The van der Waals surface area contributed by atoms with Crippen LogP contribution in [0, 0.1) is 11.3 Å². The van der Waals surface area contributed by atoms with E-state index in [1.165, 1.54) is 6.26 Å². The van der Waals surface area contributed by atoms with Gasteiger partial charge in [0, 0.05) is 29.4 Å². The van der Waals surface area contributed by atoms with Crippen molar-refractivity contribution in [3.8, 4) is 0 Å². The van der Waals surface area contributed by atoms with E-state index in [1.54, 1.807) is 0 Å². The van der Waals surface area contributed by atoms with Crippen molar-refractivity contribution in [1.29, 1.82) is 0 Å². The number of cyclic esters (lactones) is 1. The zero-order valence-electron chi connectivity index (χ0n) is 20.3. The van der Waals surface area contributed by atoms with E-state index in [1.807, 2.05) is 6.92 Å². The molecule has 8 heteroatoms. The first-order chi connectivity index (χ1) is 16.7. The molecular weight excluding hydrogens is 452 g/mol. The number of ether oxygens (including phenoxy) is 2. The normalized spacial score (nSPS) is 30.9. The number of carboxylic acid groups (broad SMARTS) is 1. The number of furan rings is 1. The Morgan fingerprint density at radius 1 is 1.11 bits per heavy atom. The van der Waals surface area contributed by atoms with Crippen LogP contribution in [0.1, 0.15) is 105 Å². The Morgan fingerprint density at radius 3 is 2.60 bits per heavy atom. The molecule has 1 aromatic rings. The molecule has 8 nitrogen and oxygen atoms in total. The number of esters is 2. The average Bonchev–Trinajstić information content (AvgIpc) is 3.40. The SMILES string of the molecule is C[C@]12CCC3=C(C(=O)c4occ5c4[C@]3(C)COC5=O)C1CCC2OC(=O)CCCCCCC(=O)O. The maximum Gasteiger partial charge on any atom is 0.341 e. The number of allylic oxidation sites excluding steroid dienone is 1. The lowest BCUT2D eigenvalue weighted by molar-refractivity contribution is -0.155. The Bertz CT molecular complexity index is 1130. The van der Waals surface area contributed by atoms with Crippen LogP contribution in [-0.2, 0) is 24.5 Å².